The minimum atomic E-state index is -0.324. The number of benzene rings is 2. The summed E-state index contributed by atoms with van der Waals surface area (Å²) >= 11 is 1.29. The second-order valence-corrected chi connectivity index (χ2v) is 11.5. The lowest BCUT2D eigenvalue weighted by Crippen LogP contribution is -2.40. The molecule has 9 heteroatoms. The number of likely N-dealkylation sites (tertiary alicyclic amines) is 1. The number of carbonyl (C=O) groups is 3. The molecular weight excluding hydrogens is 524 g/mol. The molecule has 2 heterocycles. The number of nitrogens with one attached hydrogen (secondary N) is 1. The number of rotatable bonds is 11. The Morgan fingerprint density at radius 2 is 1.77 bits per heavy atom. The predicted molar refractivity (Wildman–Crippen MR) is 158 cm³/mol. The molecule has 3 aromatic rings. The van der Waals surface area contributed by atoms with Crippen LogP contribution in [0.1, 0.15) is 48.3 Å². The van der Waals surface area contributed by atoms with Crippen molar-refractivity contribution < 1.29 is 19.1 Å². The number of amides is 3. The van der Waals surface area contributed by atoms with Crippen molar-refractivity contribution in [2.24, 2.45) is 11.8 Å². The van der Waals surface area contributed by atoms with Gasteiger partial charge in [-0.3, -0.25) is 14.4 Å². The highest BCUT2D eigenvalue weighted by molar-refractivity contribution is 7.13. The summed E-state index contributed by atoms with van der Waals surface area (Å²) in [4.78, 5) is 46.8. The van der Waals surface area contributed by atoms with E-state index in [0.29, 0.717) is 34.6 Å². The SMILES string of the molecule is COc1ccc(C(=O)N(CC(=O)Nc2nc(CC(=O)N3CCC(Cc4ccccc4)CC3)cs2)CC(C)C)cc1. The quantitative estimate of drug-likeness (QED) is 0.359. The second-order valence-electron chi connectivity index (χ2n) is 10.7. The molecular formula is C31H38N4O4S. The number of aromatic nitrogens is 1. The molecule has 0 atom stereocenters. The summed E-state index contributed by atoms with van der Waals surface area (Å²) in [6.07, 6.45) is 3.27. The zero-order valence-corrected chi connectivity index (χ0v) is 24.3. The minimum absolute atomic E-state index is 0.0644. The fraction of sp³-hybridized carbons (Fsp3) is 0.419. The highest BCUT2D eigenvalue weighted by Gasteiger charge is 2.24. The third-order valence-electron chi connectivity index (χ3n) is 7.01. The first-order chi connectivity index (χ1) is 19.3. The van der Waals surface area contributed by atoms with E-state index in [-0.39, 0.29) is 36.6 Å². The van der Waals surface area contributed by atoms with Crippen LogP contribution < -0.4 is 10.1 Å². The maximum absolute atomic E-state index is 13.1. The molecule has 1 N–H and O–H groups in total. The number of anilines is 1. The predicted octanol–water partition coefficient (Wildman–Crippen LogP) is 4.91. The molecule has 2 aromatic carbocycles. The van der Waals surface area contributed by atoms with Gasteiger partial charge in [-0.1, -0.05) is 44.2 Å². The Morgan fingerprint density at radius 3 is 2.42 bits per heavy atom. The van der Waals surface area contributed by atoms with Crippen molar-refractivity contribution in [3.05, 3.63) is 76.8 Å². The Hall–Kier alpha value is -3.72. The summed E-state index contributed by atoms with van der Waals surface area (Å²) in [7, 11) is 1.57. The van der Waals surface area contributed by atoms with E-state index in [2.05, 4.69) is 34.6 Å². The fourth-order valence-electron chi connectivity index (χ4n) is 4.95. The summed E-state index contributed by atoms with van der Waals surface area (Å²) in [6.45, 7) is 5.88. The van der Waals surface area contributed by atoms with Crippen molar-refractivity contribution in [2.45, 2.75) is 39.5 Å². The molecule has 212 valence electrons. The summed E-state index contributed by atoms with van der Waals surface area (Å²) in [6, 6.07) is 17.4. The molecule has 1 aliphatic rings. The maximum atomic E-state index is 13.1. The second kappa shape index (κ2) is 14.1. The van der Waals surface area contributed by atoms with Crippen molar-refractivity contribution in [2.75, 3.05) is 38.6 Å². The van der Waals surface area contributed by atoms with Gasteiger partial charge in [0.05, 0.1) is 19.2 Å². The molecule has 1 saturated heterocycles. The highest BCUT2D eigenvalue weighted by Crippen LogP contribution is 2.23. The number of hydrogen-bond acceptors (Lipinski definition) is 6. The molecule has 0 bridgehead atoms. The van der Waals surface area contributed by atoms with Crippen LogP contribution in [-0.2, 0) is 22.4 Å². The number of hydrogen-bond donors (Lipinski definition) is 1. The van der Waals surface area contributed by atoms with Crippen molar-refractivity contribution in [3.63, 3.8) is 0 Å². The van der Waals surface area contributed by atoms with Gasteiger partial charge in [0.2, 0.25) is 11.8 Å². The lowest BCUT2D eigenvalue weighted by Gasteiger charge is -2.32. The molecule has 0 spiro atoms. The van der Waals surface area contributed by atoms with E-state index in [9.17, 15) is 14.4 Å². The van der Waals surface area contributed by atoms with Crippen molar-refractivity contribution in [1.29, 1.82) is 0 Å². The van der Waals surface area contributed by atoms with Crippen LogP contribution in [-0.4, -0.2) is 65.8 Å². The number of piperidine rings is 1. The van der Waals surface area contributed by atoms with Crippen molar-refractivity contribution in [1.82, 2.24) is 14.8 Å². The summed E-state index contributed by atoms with van der Waals surface area (Å²) < 4.78 is 5.17. The molecule has 3 amide bonds. The Balaban J connectivity index is 1.26. The van der Waals surface area contributed by atoms with E-state index in [4.69, 9.17) is 4.74 Å². The zero-order valence-electron chi connectivity index (χ0n) is 23.5. The van der Waals surface area contributed by atoms with Crippen LogP contribution in [0.4, 0.5) is 5.13 Å². The van der Waals surface area contributed by atoms with E-state index in [1.54, 1.807) is 36.3 Å². The molecule has 40 heavy (non-hydrogen) atoms. The Morgan fingerprint density at radius 1 is 1.07 bits per heavy atom. The first-order valence-electron chi connectivity index (χ1n) is 13.8. The van der Waals surface area contributed by atoms with Gasteiger partial charge in [0.15, 0.2) is 5.13 Å². The number of nitrogens with zero attached hydrogens (tertiary/aromatic N) is 3. The molecule has 8 nitrogen and oxygen atoms in total. The average Bonchev–Trinajstić information content (AvgIpc) is 3.39. The molecule has 1 fully saturated rings. The molecule has 0 radical (unpaired) electrons. The average molecular weight is 563 g/mol. The van der Waals surface area contributed by atoms with E-state index < -0.39 is 0 Å². The van der Waals surface area contributed by atoms with E-state index in [1.807, 2.05) is 30.2 Å². The molecule has 1 aliphatic heterocycles. The van der Waals surface area contributed by atoms with Gasteiger partial charge >= 0.3 is 0 Å². The Kier molecular flexibility index (Phi) is 10.3. The number of ether oxygens (including phenoxy) is 1. The van der Waals surface area contributed by atoms with Crippen LogP contribution in [0.15, 0.2) is 60.0 Å². The molecule has 0 saturated carbocycles. The standard InChI is InChI=1S/C31H38N4O4S/c1-22(2)19-35(30(38)25-9-11-27(39-3)12-10-25)20-28(36)33-31-32-26(21-40-31)18-29(37)34-15-13-24(14-16-34)17-23-7-5-4-6-8-23/h4-12,21-22,24H,13-20H2,1-3H3,(H,32,33,36). The highest BCUT2D eigenvalue weighted by atomic mass is 32.1. The lowest BCUT2D eigenvalue weighted by molar-refractivity contribution is -0.131. The first-order valence-corrected chi connectivity index (χ1v) is 14.7. The largest absolute Gasteiger partial charge is 0.497 e. The van der Waals surface area contributed by atoms with Crippen LogP contribution in [0.3, 0.4) is 0 Å². The smallest absolute Gasteiger partial charge is 0.254 e. The van der Waals surface area contributed by atoms with Gasteiger partial charge in [-0.2, -0.15) is 0 Å². The van der Waals surface area contributed by atoms with Gasteiger partial charge in [0, 0.05) is 30.6 Å². The van der Waals surface area contributed by atoms with Gasteiger partial charge in [-0.05, 0) is 60.9 Å². The van der Waals surface area contributed by atoms with Gasteiger partial charge in [0.1, 0.15) is 12.3 Å². The van der Waals surface area contributed by atoms with Gasteiger partial charge in [-0.15, -0.1) is 11.3 Å². The third-order valence-corrected chi connectivity index (χ3v) is 7.82. The minimum Gasteiger partial charge on any atom is -0.497 e. The van der Waals surface area contributed by atoms with Crippen molar-refractivity contribution in [3.8, 4) is 5.75 Å². The topological polar surface area (TPSA) is 91.8 Å². The monoisotopic (exact) mass is 562 g/mol. The van der Waals surface area contributed by atoms with Gasteiger partial charge in [0.25, 0.3) is 5.91 Å². The normalized spacial score (nSPS) is 13.8. The van der Waals surface area contributed by atoms with Crippen molar-refractivity contribution >= 4 is 34.2 Å². The lowest BCUT2D eigenvalue weighted by atomic mass is 9.90. The summed E-state index contributed by atoms with van der Waals surface area (Å²) in [5, 5.41) is 5.04. The van der Waals surface area contributed by atoms with Crippen LogP contribution in [0.2, 0.25) is 0 Å². The van der Waals surface area contributed by atoms with Crippen LogP contribution in [0, 0.1) is 11.8 Å². The fourth-order valence-corrected chi connectivity index (χ4v) is 5.68. The van der Waals surface area contributed by atoms with Crippen LogP contribution >= 0.6 is 11.3 Å². The molecule has 4 rings (SSSR count). The van der Waals surface area contributed by atoms with Crippen LogP contribution in [0.25, 0.3) is 0 Å². The van der Waals surface area contributed by atoms with Gasteiger partial charge < -0.3 is 19.9 Å². The zero-order chi connectivity index (χ0) is 28.5. The Labute approximate surface area is 240 Å². The van der Waals surface area contributed by atoms with E-state index >= 15 is 0 Å². The molecule has 1 aromatic heterocycles. The molecule has 0 unspecified atom stereocenters. The maximum Gasteiger partial charge on any atom is 0.254 e. The third kappa shape index (κ3) is 8.39. The Bertz CT molecular complexity index is 1270. The number of carbonyl (C=O) groups excluding carboxylic acids is 3. The number of thiazole rings is 1. The molecule has 0 aliphatic carbocycles. The summed E-state index contributed by atoms with van der Waals surface area (Å²) in [5.74, 6) is 0.972. The first kappa shape index (κ1) is 29.3. The van der Waals surface area contributed by atoms with Gasteiger partial charge in [-0.25, -0.2) is 4.98 Å². The number of methoxy groups -OCH3 is 1. The van der Waals surface area contributed by atoms with E-state index in [1.165, 1.54) is 16.9 Å². The van der Waals surface area contributed by atoms with E-state index in [0.717, 1.165) is 32.4 Å². The van der Waals surface area contributed by atoms with Crippen LogP contribution in [0.5, 0.6) is 5.75 Å². The summed E-state index contributed by atoms with van der Waals surface area (Å²) in [5.41, 5.74) is 2.49.